The fourth-order valence-corrected chi connectivity index (χ4v) is 4.62. The quantitative estimate of drug-likeness (QED) is 0.383. The third-order valence-corrected chi connectivity index (χ3v) is 6.65. The average Bonchev–Trinajstić information content (AvgIpc) is 3.13. The molecule has 37 heavy (non-hydrogen) atoms. The lowest BCUT2D eigenvalue weighted by Crippen LogP contribution is -2.36. The number of halogens is 1. The molecule has 1 fully saturated rings. The van der Waals surface area contributed by atoms with Crippen molar-refractivity contribution in [3.63, 3.8) is 0 Å². The second-order valence-corrected chi connectivity index (χ2v) is 9.37. The Morgan fingerprint density at radius 3 is 2.46 bits per heavy atom. The number of ether oxygens (including phenoxy) is 2. The first kappa shape index (κ1) is 26.0. The number of thioether (sulfide) groups is 1. The van der Waals surface area contributed by atoms with E-state index in [1.165, 1.54) is 13.2 Å². The molecule has 0 atom stereocenters. The Labute approximate surface area is 218 Å². The second-order valence-electron chi connectivity index (χ2n) is 8.37. The van der Waals surface area contributed by atoms with Gasteiger partial charge in [0.15, 0.2) is 11.5 Å². The first-order valence-electron chi connectivity index (χ1n) is 11.4. The number of hydrogen-bond acceptors (Lipinski definition) is 6. The Hall–Kier alpha value is -4.11. The number of carbonyl (C=O) groups excluding carboxylic acids is 3. The van der Waals surface area contributed by atoms with E-state index >= 15 is 0 Å². The number of imide groups is 1. The van der Waals surface area contributed by atoms with Gasteiger partial charge in [-0.15, -0.1) is 0 Å². The Kier molecular flexibility index (Phi) is 7.93. The molecule has 0 bridgehead atoms. The van der Waals surface area contributed by atoms with Crippen molar-refractivity contribution in [1.82, 2.24) is 4.90 Å². The van der Waals surface area contributed by atoms with Crippen LogP contribution in [0.2, 0.25) is 0 Å². The molecule has 0 saturated carbocycles. The molecule has 0 unspecified atom stereocenters. The number of rotatable bonds is 8. The molecule has 7 nitrogen and oxygen atoms in total. The highest BCUT2D eigenvalue weighted by Gasteiger charge is 2.36. The number of hydrogen-bond donors (Lipinski definition) is 1. The van der Waals surface area contributed by atoms with Crippen molar-refractivity contribution in [2.45, 2.75) is 20.5 Å². The molecule has 3 aromatic rings. The van der Waals surface area contributed by atoms with Gasteiger partial charge in [-0.3, -0.25) is 19.3 Å². The summed E-state index contributed by atoms with van der Waals surface area (Å²) in [4.78, 5) is 39.1. The Morgan fingerprint density at radius 1 is 1.03 bits per heavy atom. The topological polar surface area (TPSA) is 84.9 Å². The zero-order valence-electron chi connectivity index (χ0n) is 20.5. The smallest absolute Gasteiger partial charge is 0.294 e. The summed E-state index contributed by atoms with van der Waals surface area (Å²) in [5.74, 6) is -0.586. The number of aryl methyl sites for hydroxylation is 2. The molecular formula is C28H25FN2O5S. The number of amides is 3. The van der Waals surface area contributed by atoms with Crippen LogP contribution in [-0.4, -0.2) is 35.6 Å². The highest BCUT2D eigenvalue weighted by molar-refractivity contribution is 8.18. The predicted octanol–water partition coefficient (Wildman–Crippen LogP) is 5.71. The lowest BCUT2D eigenvalue weighted by Gasteiger charge is -2.15. The molecule has 1 aliphatic heterocycles. The zero-order chi connectivity index (χ0) is 26.5. The number of methoxy groups -OCH3 is 1. The van der Waals surface area contributed by atoms with Gasteiger partial charge in [-0.25, -0.2) is 4.39 Å². The molecule has 0 aliphatic carbocycles. The second kappa shape index (κ2) is 11.3. The van der Waals surface area contributed by atoms with E-state index in [2.05, 4.69) is 5.32 Å². The van der Waals surface area contributed by atoms with E-state index in [1.54, 1.807) is 42.5 Å². The number of carbonyl (C=O) groups is 3. The maximum absolute atomic E-state index is 13.9. The largest absolute Gasteiger partial charge is 0.493 e. The summed E-state index contributed by atoms with van der Waals surface area (Å²) < 4.78 is 25.0. The number of benzene rings is 3. The summed E-state index contributed by atoms with van der Waals surface area (Å²) in [6.07, 6.45) is 1.55. The molecule has 1 aliphatic rings. The van der Waals surface area contributed by atoms with Gasteiger partial charge < -0.3 is 14.8 Å². The SMILES string of the molecule is COc1cc(/C=C2/SC(=O)N(CC(=O)Nc3c(C)cccc3C)C2=O)ccc1OCc1ccccc1F. The summed E-state index contributed by atoms with van der Waals surface area (Å²) in [5, 5.41) is 2.27. The Morgan fingerprint density at radius 2 is 1.76 bits per heavy atom. The summed E-state index contributed by atoms with van der Waals surface area (Å²) in [7, 11) is 1.47. The van der Waals surface area contributed by atoms with Gasteiger partial charge >= 0.3 is 0 Å². The van der Waals surface area contributed by atoms with Gasteiger partial charge in [0.05, 0.1) is 12.0 Å². The van der Waals surface area contributed by atoms with Crippen LogP contribution in [0.4, 0.5) is 14.9 Å². The fraction of sp³-hybridized carbons (Fsp3) is 0.179. The average molecular weight is 521 g/mol. The van der Waals surface area contributed by atoms with Crippen molar-refractivity contribution >= 4 is 40.6 Å². The minimum atomic E-state index is -0.550. The van der Waals surface area contributed by atoms with Gasteiger partial charge in [0.2, 0.25) is 5.91 Å². The summed E-state index contributed by atoms with van der Waals surface area (Å²) in [5.41, 5.74) is 3.44. The van der Waals surface area contributed by atoms with Gasteiger partial charge in [0.25, 0.3) is 11.1 Å². The molecule has 3 aromatic carbocycles. The summed E-state index contributed by atoms with van der Waals surface area (Å²) in [6.45, 7) is 3.37. The molecule has 190 valence electrons. The summed E-state index contributed by atoms with van der Waals surface area (Å²) >= 11 is 0.763. The monoisotopic (exact) mass is 520 g/mol. The maximum Gasteiger partial charge on any atom is 0.294 e. The molecule has 4 rings (SSSR count). The molecule has 0 spiro atoms. The predicted molar refractivity (Wildman–Crippen MR) is 141 cm³/mol. The Balaban J connectivity index is 1.45. The van der Waals surface area contributed by atoms with Crippen molar-refractivity contribution in [2.75, 3.05) is 19.0 Å². The van der Waals surface area contributed by atoms with E-state index in [9.17, 15) is 18.8 Å². The van der Waals surface area contributed by atoms with Crippen LogP contribution < -0.4 is 14.8 Å². The first-order chi connectivity index (χ1) is 17.8. The molecule has 1 saturated heterocycles. The van der Waals surface area contributed by atoms with Crippen molar-refractivity contribution in [3.8, 4) is 11.5 Å². The van der Waals surface area contributed by atoms with Crippen LogP contribution in [0.25, 0.3) is 6.08 Å². The van der Waals surface area contributed by atoms with Gasteiger partial charge in [-0.1, -0.05) is 42.5 Å². The standard InChI is InChI=1S/C28H25FN2O5S/c1-17-7-6-8-18(2)26(17)30-25(32)15-31-27(33)24(37-28(31)34)14-19-11-12-22(23(13-19)35-3)36-16-20-9-4-5-10-21(20)29/h4-14H,15-16H2,1-3H3,(H,30,32)/b24-14+. The van der Waals surface area contributed by atoms with Crippen molar-refractivity contribution in [1.29, 1.82) is 0 Å². The maximum atomic E-state index is 13.9. The van der Waals surface area contributed by atoms with Crippen LogP contribution in [0.15, 0.2) is 65.6 Å². The third-order valence-electron chi connectivity index (χ3n) is 5.75. The number of nitrogens with zero attached hydrogens (tertiary/aromatic N) is 1. The van der Waals surface area contributed by atoms with Crippen molar-refractivity contribution in [3.05, 3.63) is 93.6 Å². The zero-order valence-corrected chi connectivity index (χ0v) is 21.4. The number of para-hydroxylation sites is 1. The van der Waals surface area contributed by atoms with Crippen LogP contribution in [0.3, 0.4) is 0 Å². The van der Waals surface area contributed by atoms with E-state index in [0.29, 0.717) is 28.3 Å². The lowest BCUT2D eigenvalue weighted by atomic mass is 10.1. The molecule has 9 heteroatoms. The van der Waals surface area contributed by atoms with Crippen molar-refractivity contribution in [2.24, 2.45) is 0 Å². The molecule has 0 radical (unpaired) electrons. The van der Waals surface area contributed by atoms with Crippen molar-refractivity contribution < 1.29 is 28.2 Å². The van der Waals surface area contributed by atoms with E-state index in [4.69, 9.17) is 9.47 Å². The van der Waals surface area contributed by atoms with E-state index in [1.807, 2.05) is 32.0 Å². The van der Waals surface area contributed by atoms with Gasteiger partial charge in [-0.2, -0.15) is 0 Å². The van der Waals surface area contributed by atoms with Crippen LogP contribution in [0, 0.1) is 19.7 Å². The van der Waals surface area contributed by atoms with Crippen LogP contribution in [-0.2, 0) is 16.2 Å². The number of anilines is 1. The van der Waals surface area contributed by atoms with Crippen LogP contribution >= 0.6 is 11.8 Å². The third kappa shape index (κ3) is 6.00. The number of nitrogens with one attached hydrogen (secondary N) is 1. The highest BCUT2D eigenvalue weighted by Crippen LogP contribution is 2.35. The molecular weight excluding hydrogens is 495 g/mol. The summed E-state index contributed by atoms with van der Waals surface area (Å²) in [6, 6.07) is 16.9. The normalized spacial score (nSPS) is 14.3. The highest BCUT2D eigenvalue weighted by atomic mass is 32.2. The first-order valence-corrected chi connectivity index (χ1v) is 12.2. The Bertz CT molecular complexity index is 1380. The van der Waals surface area contributed by atoms with Gasteiger partial charge in [0, 0.05) is 11.3 Å². The molecule has 1 heterocycles. The van der Waals surface area contributed by atoms with Gasteiger partial charge in [0.1, 0.15) is 19.0 Å². The van der Waals surface area contributed by atoms with E-state index < -0.39 is 17.1 Å². The minimum absolute atomic E-state index is 0.0192. The molecule has 3 amide bonds. The van der Waals surface area contributed by atoms with Crippen LogP contribution in [0.1, 0.15) is 22.3 Å². The van der Waals surface area contributed by atoms with Crippen LogP contribution in [0.5, 0.6) is 11.5 Å². The molecule has 0 aromatic heterocycles. The van der Waals surface area contributed by atoms with Gasteiger partial charge in [-0.05, 0) is 66.6 Å². The molecule has 1 N–H and O–H groups in total. The minimum Gasteiger partial charge on any atom is -0.493 e. The fourth-order valence-electron chi connectivity index (χ4n) is 3.79. The van der Waals surface area contributed by atoms with E-state index in [-0.39, 0.29) is 23.9 Å². The van der Waals surface area contributed by atoms with E-state index in [0.717, 1.165) is 27.8 Å². The lowest BCUT2D eigenvalue weighted by molar-refractivity contribution is -0.127.